The molecule has 1 atom stereocenters. The second kappa shape index (κ2) is 7.90. The van der Waals surface area contributed by atoms with E-state index >= 15 is 0 Å². The number of nitrogens with one attached hydrogen (secondary N) is 1. The molecule has 23 heavy (non-hydrogen) atoms. The highest BCUT2D eigenvalue weighted by atomic mass is 32.2. The molecule has 1 aromatic carbocycles. The van der Waals surface area contributed by atoms with Crippen LogP contribution in [-0.2, 0) is 19.6 Å². The molecular formula is C16H24N2O4S. The molecule has 1 aliphatic rings. The minimum atomic E-state index is -3.52. The van der Waals surface area contributed by atoms with E-state index < -0.39 is 10.0 Å². The van der Waals surface area contributed by atoms with Gasteiger partial charge in [0.15, 0.2) is 0 Å². The van der Waals surface area contributed by atoms with Crippen molar-refractivity contribution in [2.45, 2.75) is 43.6 Å². The summed E-state index contributed by atoms with van der Waals surface area (Å²) in [5, 5.41) is 2.62. The fraction of sp³-hybridized carbons (Fsp3) is 0.562. The molecule has 0 spiro atoms. The fourth-order valence-corrected chi connectivity index (χ4v) is 3.76. The van der Waals surface area contributed by atoms with Crippen LogP contribution in [0.15, 0.2) is 29.2 Å². The monoisotopic (exact) mass is 340 g/mol. The number of nitrogens with zero attached hydrogens (tertiary/aromatic N) is 1. The van der Waals surface area contributed by atoms with Crippen molar-refractivity contribution in [1.82, 2.24) is 4.31 Å². The number of rotatable bonds is 6. The van der Waals surface area contributed by atoms with Gasteiger partial charge in [0.2, 0.25) is 15.9 Å². The molecule has 0 radical (unpaired) electrons. The topological polar surface area (TPSA) is 75.7 Å². The van der Waals surface area contributed by atoms with Crippen LogP contribution < -0.4 is 5.32 Å². The molecule has 6 nitrogen and oxygen atoms in total. The zero-order chi connectivity index (χ0) is 16.9. The number of anilines is 1. The molecule has 1 N–H and O–H groups in total. The van der Waals surface area contributed by atoms with Gasteiger partial charge in [-0.1, -0.05) is 0 Å². The standard InChI is InChI=1S/C16H24N2O4S/c1-13(19)17-14-6-8-16(9-7-14)23(20,21)18(2)11-10-15-5-3-4-12-22-15/h6-9,15H,3-5,10-12H2,1-2H3,(H,17,19). The summed E-state index contributed by atoms with van der Waals surface area (Å²) in [6.45, 7) is 2.61. The Kier molecular flexibility index (Phi) is 6.15. The third kappa shape index (κ3) is 5.02. The lowest BCUT2D eigenvalue weighted by Gasteiger charge is -2.25. The summed E-state index contributed by atoms with van der Waals surface area (Å²) in [6, 6.07) is 6.20. The molecule has 0 aliphatic carbocycles. The van der Waals surface area contributed by atoms with Crippen LogP contribution in [0.4, 0.5) is 5.69 Å². The van der Waals surface area contributed by atoms with Crippen molar-refractivity contribution >= 4 is 21.6 Å². The van der Waals surface area contributed by atoms with E-state index in [4.69, 9.17) is 4.74 Å². The van der Waals surface area contributed by atoms with E-state index in [0.717, 1.165) is 25.9 Å². The number of hydrogen-bond donors (Lipinski definition) is 1. The van der Waals surface area contributed by atoms with Gasteiger partial charge in [-0.05, 0) is 49.9 Å². The highest BCUT2D eigenvalue weighted by Crippen LogP contribution is 2.20. The molecule has 2 rings (SSSR count). The number of benzene rings is 1. The van der Waals surface area contributed by atoms with Gasteiger partial charge in [-0.3, -0.25) is 4.79 Å². The SMILES string of the molecule is CC(=O)Nc1ccc(S(=O)(=O)N(C)CCC2CCCCO2)cc1. The number of carbonyl (C=O) groups is 1. The molecule has 128 valence electrons. The van der Waals surface area contributed by atoms with Crippen molar-refractivity contribution in [3.8, 4) is 0 Å². The van der Waals surface area contributed by atoms with Crippen LogP contribution in [0.5, 0.6) is 0 Å². The van der Waals surface area contributed by atoms with Gasteiger partial charge in [-0.25, -0.2) is 12.7 Å². The Morgan fingerprint density at radius 2 is 2.00 bits per heavy atom. The molecule has 1 aromatic rings. The normalized spacial score (nSPS) is 18.8. The lowest BCUT2D eigenvalue weighted by Crippen LogP contribution is -2.31. The molecule has 7 heteroatoms. The number of sulfonamides is 1. The second-order valence-corrected chi connectivity index (χ2v) is 7.85. The largest absolute Gasteiger partial charge is 0.378 e. The molecule has 0 aromatic heterocycles. The first kappa shape index (κ1) is 17.9. The first-order valence-corrected chi connectivity index (χ1v) is 9.29. The van der Waals surface area contributed by atoms with Gasteiger partial charge in [0, 0.05) is 32.8 Å². The van der Waals surface area contributed by atoms with E-state index in [0.29, 0.717) is 18.7 Å². The van der Waals surface area contributed by atoms with Gasteiger partial charge in [-0.2, -0.15) is 0 Å². The van der Waals surface area contributed by atoms with Crippen LogP contribution in [0, 0.1) is 0 Å². The van der Waals surface area contributed by atoms with Crippen LogP contribution in [0.25, 0.3) is 0 Å². The van der Waals surface area contributed by atoms with E-state index in [1.54, 1.807) is 19.2 Å². The van der Waals surface area contributed by atoms with E-state index in [-0.39, 0.29) is 16.9 Å². The predicted octanol–water partition coefficient (Wildman–Crippen LogP) is 2.22. The van der Waals surface area contributed by atoms with Gasteiger partial charge in [0.05, 0.1) is 11.0 Å². The molecule has 1 unspecified atom stereocenters. The summed E-state index contributed by atoms with van der Waals surface area (Å²) >= 11 is 0. The Morgan fingerprint density at radius 3 is 2.57 bits per heavy atom. The number of ether oxygens (including phenoxy) is 1. The Balaban J connectivity index is 1.97. The third-order valence-corrected chi connectivity index (χ3v) is 5.79. The van der Waals surface area contributed by atoms with Gasteiger partial charge in [-0.15, -0.1) is 0 Å². The summed E-state index contributed by atoms with van der Waals surface area (Å²) in [4.78, 5) is 11.2. The minimum Gasteiger partial charge on any atom is -0.378 e. The van der Waals surface area contributed by atoms with Crippen molar-refractivity contribution in [2.24, 2.45) is 0 Å². The first-order valence-electron chi connectivity index (χ1n) is 7.85. The van der Waals surface area contributed by atoms with Crippen LogP contribution in [0.2, 0.25) is 0 Å². The average Bonchev–Trinajstić information content (AvgIpc) is 2.53. The molecule has 1 heterocycles. The van der Waals surface area contributed by atoms with Gasteiger partial charge in [0.25, 0.3) is 0 Å². The van der Waals surface area contributed by atoms with Crippen LogP contribution in [-0.4, -0.2) is 44.9 Å². The van der Waals surface area contributed by atoms with Crippen LogP contribution >= 0.6 is 0 Å². The zero-order valence-electron chi connectivity index (χ0n) is 13.6. The Bertz CT molecular complexity index is 622. The lowest BCUT2D eigenvalue weighted by atomic mass is 10.1. The van der Waals surface area contributed by atoms with E-state index in [1.807, 2.05) is 0 Å². The maximum Gasteiger partial charge on any atom is 0.242 e. The van der Waals surface area contributed by atoms with E-state index in [2.05, 4.69) is 5.32 Å². The van der Waals surface area contributed by atoms with Crippen molar-refractivity contribution in [1.29, 1.82) is 0 Å². The molecule has 1 fully saturated rings. The minimum absolute atomic E-state index is 0.156. The number of carbonyl (C=O) groups excluding carboxylic acids is 1. The van der Waals surface area contributed by atoms with Crippen molar-refractivity contribution < 1.29 is 17.9 Å². The fourth-order valence-electron chi connectivity index (χ4n) is 2.57. The van der Waals surface area contributed by atoms with Crippen molar-refractivity contribution in [3.63, 3.8) is 0 Å². The Morgan fingerprint density at radius 1 is 1.30 bits per heavy atom. The predicted molar refractivity (Wildman–Crippen MR) is 88.8 cm³/mol. The summed E-state index contributed by atoms with van der Waals surface area (Å²) in [7, 11) is -1.94. The van der Waals surface area contributed by atoms with E-state index in [9.17, 15) is 13.2 Å². The molecule has 1 aliphatic heterocycles. The summed E-state index contributed by atoms with van der Waals surface area (Å²) < 4.78 is 32.1. The molecule has 1 amide bonds. The zero-order valence-corrected chi connectivity index (χ0v) is 14.4. The highest BCUT2D eigenvalue weighted by Gasteiger charge is 2.22. The highest BCUT2D eigenvalue weighted by molar-refractivity contribution is 7.89. The quantitative estimate of drug-likeness (QED) is 0.861. The smallest absolute Gasteiger partial charge is 0.242 e. The molecule has 0 saturated carbocycles. The maximum atomic E-state index is 12.5. The van der Waals surface area contributed by atoms with Crippen molar-refractivity contribution in [2.75, 3.05) is 25.5 Å². The van der Waals surface area contributed by atoms with Crippen LogP contribution in [0.1, 0.15) is 32.6 Å². The van der Waals surface area contributed by atoms with Gasteiger partial charge in [0.1, 0.15) is 0 Å². The molecular weight excluding hydrogens is 316 g/mol. The van der Waals surface area contributed by atoms with E-state index in [1.165, 1.54) is 23.4 Å². The maximum absolute atomic E-state index is 12.5. The lowest BCUT2D eigenvalue weighted by molar-refractivity contribution is -0.114. The number of amides is 1. The first-order chi connectivity index (χ1) is 10.9. The second-order valence-electron chi connectivity index (χ2n) is 5.81. The summed E-state index contributed by atoms with van der Waals surface area (Å²) in [5.74, 6) is -0.190. The van der Waals surface area contributed by atoms with Gasteiger partial charge < -0.3 is 10.1 Å². The summed E-state index contributed by atoms with van der Waals surface area (Å²) in [5.41, 5.74) is 0.578. The molecule has 1 saturated heterocycles. The Labute approximate surface area is 137 Å². The molecule has 0 bridgehead atoms. The van der Waals surface area contributed by atoms with Crippen LogP contribution in [0.3, 0.4) is 0 Å². The summed E-state index contributed by atoms with van der Waals surface area (Å²) in [6.07, 6.45) is 4.10. The Hall–Kier alpha value is -1.44. The van der Waals surface area contributed by atoms with Gasteiger partial charge >= 0.3 is 0 Å². The average molecular weight is 340 g/mol. The number of hydrogen-bond acceptors (Lipinski definition) is 4. The van der Waals surface area contributed by atoms with Crippen molar-refractivity contribution in [3.05, 3.63) is 24.3 Å². The third-order valence-electron chi connectivity index (χ3n) is 3.92.